The lowest BCUT2D eigenvalue weighted by atomic mass is 10.1. The van der Waals surface area contributed by atoms with E-state index in [9.17, 15) is 4.79 Å². The Morgan fingerprint density at radius 2 is 2.00 bits per heavy atom. The molecule has 0 aliphatic carbocycles. The fourth-order valence-electron chi connectivity index (χ4n) is 0.843. The molecule has 3 heteroatoms. The summed E-state index contributed by atoms with van der Waals surface area (Å²) in [7, 11) is 0. The summed E-state index contributed by atoms with van der Waals surface area (Å²) in [6.45, 7) is 9.77. The van der Waals surface area contributed by atoms with Gasteiger partial charge in [-0.2, -0.15) is 0 Å². The normalized spacial score (nSPS) is 12.4. The van der Waals surface area contributed by atoms with Crippen molar-refractivity contribution in [2.45, 2.75) is 59.1 Å². The van der Waals surface area contributed by atoms with Crippen molar-refractivity contribution in [3.63, 3.8) is 0 Å². The Bertz CT molecular complexity index is 202. The molecule has 0 saturated heterocycles. The van der Waals surface area contributed by atoms with E-state index in [1.807, 2.05) is 34.6 Å². The minimum atomic E-state index is -0.152. The maximum absolute atomic E-state index is 11.1. The van der Waals surface area contributed by atoms with Crippen LogP contribution in [0.15, 0.2) is 4.99 Å². The Morgan fingerprint density at radius 3 is 2.43 bits per heavy atom. The van der Waals surface area contributed by atoms with E-state index in [1.165, 1.54) is 0 Å². The second kappa shape index (κ2) is 5.78. The van der Waals surface area contributed by atoms with Gasteiger partial charge in [-0.25, -0.2) is 0 Å². The summed E-state index contributed by atoms with van der Waals surface area (Å²) in [5.41, 5.74) is -0.0536. The second-order valence-electron chi connectivity index (χ2n) is 4.56. The van der Waals surface area contributed by atoms with Crippen LogP contribution in [-0.4, -0.2) is 23.8 Å². The van der Waals surface area contributed by atoms with Crippen LogP contribution in [0.3, 0.4) is 0 Å². The number of hydrogen-bond acceptors (Lipinski definition) is 3. The van der Waals surface area contributed by atoms with Gasteiger partial charge in [-0.1, -0.05) is 0 Å². The lowest BCUT2D eigenvalue weighted by Gasteiger charge is -2.10. The summed E-state index contributed by atoms with van der Waals surface area (Å²) < 4.78 is 4.98. The SMILES string of the molecule is CC(C)OC(=O)CCC=NC(C)(C)C. The number of aliphatic imine (C=N–C) groups is 1. The molecule has 0 heterocycles. The summed E-state index contributed by atoms with van der Waals surface area (Å²) >= 11 is 0. The van der Waals surface area contributed by atoms with Crippen molar-refractivity contribution in [3.8, 4) is 0 Å². The Balaban J connectivity index is 3.64. The van der Waals surface area contributed by atoms with Crippen LogP contribution in [-0.2, 0) is 9.53 Å². The van der Waals surface area contributed by atoms with E-state index in [1.54, 1.807) is 6.21 Å². The molecule has 0 saturated carbocycles. The van der Waals surface area contributed by atoms with Crippen molar-refractivity contribution in [3.05, 3.63) is 0 Å². The van der Waals surface area contributed by atoms with E-state index in [0.29, 0.717) is 12.8 Å². The lowest BCUT2D eigenvalue weighted by molar-refractivity contribution is -0.147. The van der Waals surface area contributed by atoms with Gasteiger partial charge in [-0.15, -0.1) is 0 Å². The van der Waals surface area contributed by atoms with Gasteiger partial charge < -0.3 is 4.74 Å². The van der Waals surface area contributed by atoms with E-state index in [-0.39, 0.29) is 17.6 Å². The van der Waals surface area contributed by atoms with Crippen molar-refractivity contribution in [1.29, 1.82) is 0 Å². The number of nitrogens with zero attached hydrogens (tertiary/aromatic N) is 1. The van der Waals surface area contributed by atoms with E-state index >= 15 is 0 Å². The van der Waals surface area contributed by atoms with Gasteiger partial charge in [0.05, 0.1) is 18.1 Å². The Labute approximate surface area is 86.6 Å². The van der Waals surface area contributed by atoms with Crippen LogP contribution in [0.2, 0.25) is 0 Å². The van der Waals surface area contributed by atoms with Crippen molar-refractivity contribution in [1.82, 2.24) is 0 Å². The fraction of sp³-hybridized carbons (Fsp3) is 0.818. The molecule has 14 heavy (non-hydrogen) atoms. The van der Waals surface area contributed by atoms with Crippen molar-refractivity contribution in [2.24, 2.45) is 4.99 Å². The lowest BCUT2D eigenvalue weighted by Crippen LogP contribution is -2.12. The molecule has 3 nitrogen and oxygen atoms in total. The summed E-state index contributed by atoms with van der Waals surface area (Å²) in [4.78, 5) is 15.4. The van der Waals surface area contributed by atoms with E-state index in [0.717, 1.165) is 0 Å². The van der Waals surface area contributed by atoms with Gasteiger partial charge in [-0.3, -0.25) is 9.79 Å². The molecule has 0 rings (SSSR count). The van der Waals surface area contributed by atoms with Crippen LogP contribution < -0.4 is 0 Å². The largest absolute Gasteiger partial charge is 0.463 e. The van der Waals surface area contributed by atoms with Crippen LogP contribution in [0.5, 0.6) is 0 Å². The second-order valence-corrected chi connectivity index (χ2v) is 4.56. The average Bonchev–Trinajstić information content (AvgIpc) is 1.95. The Hall–Kier alpha value is -0.860. The van der Waals surface area contributed by atoms with Crippen LogP contribution >= 0.6 is 0 Å². The van der Waals surface area contributed by atoms with E-state index < -0.39 is 0 Å². The minimum Gasteiger partial charge on any atom is -0.463 e. The topological polar surface area (TPSA) is 38.7 Å². The quantitative estimate of drug-likeness (QED) is 0.515. The Kier molecular flexibility index (Phi) is 5.43. The van der Waals surface area contributed by atoms with Gasteiger partial charge >= 0.3 is 5.97 Å². The van der Waals surface area contributed by atoms with Crippen LogP contribution in [0.4, 0.5) is 0 Å². The highest BCUT2D eigenvalue weighted by molar-refractivity contribution is 5.73. The van der Waals surface area contributed by atoms with E-state index in [2.05, 4.69) is 4.99 Å². The predicted molar refractivity (Wildman–Crippen MR) is 58.7 cm³/mol. The number of carbonyl (C=O) groups is 1. The number of rotatable bonds is 4. The van der Waals surface area contributed by atoms with Crippen LogP contribution in [0, 0.1) is 0 Å². The first-order valence-corrected chi connectivity index (χ1v) is 5.04. The van der Waals surface area contributed by atoms with Gasteiger partial charge in [-0.05, 0) is 47.3 Å². The van der Waals surface area contributed by atoms with E-state index in [4.69, 9.17) is 4.74 Å². The molecule has 0 atom stereocenters. The molecule has 0 spiro atoms. The zero-order valence-corrected chi connectivity index (χ0v) is 9.83. The van der Waals surface area contributed by atoms with Crippen molar-refractivity contribution >= 4 is 12.2 Å². The molecule has 0 aliphatic heterocycles. The van der Waals surface area contributed by atoms with Crippen molar-refractivity contribution in [2.75, 3.05) is 0 Å². The number of hydrogen-bond donors (Lipinski definition) is 0. The Morgan fingerprint density at radius 1 is 1.43 bits per heavy atom. The first kappa shape index (κ1) is 13.1. The molecular formula is C11H21NO2. The molecular weight excluding hydrogens is 178 g/mol. The molecule has 0 aromatic rings. The molecule has 0 N–H and O–H groups in total. The highest BCUT2D eigenvalue weighted by Gasteiger charge is 2.06. The minimum absolute atomic E-state index is 0.0259. The first-order chi connectivity index (χ1) is 6.31. The maximum Gasteiger partial charge on any atom is 0.306 e. The highest BCUT2D eigenvalue weighted by atomic mass is 16.5. The molecule has 0 aromatic carbocycles. The molecule has 0 bridgehead atoms. The molecule has 0 aliphatic rings. The zero-order valence-electron chi connectivity index (χ0n) is 9.83. The van der Waals surface area contributed by atoms with Gasteiger partial charge in [0, 0.05) is 0 Å². The zero-order chi connectivity index (χ0) is 11.2. The first-order valence-electron chi connectivity index (χ1n) is 5.04. The standard InChI is InChI=1S/C11H21NO2/c1-9(2)14-10(13)7-6-8-12-11(3,4)5/h8-9H,6-7H2,1-5H3. The monoisotopic (exact) mass is 199 g/mol. The molecule has 0 radical (unpaired) electrons. The summed E-state index contributed by atoms with van der Waals surface area (Å²) in [6, 6.07) is 0. The molecule has 0 aromatic heterocycles. The number of ether oxygens (including phenoxy) is 1. The molecule has 0 amide bonds. The third-order valence-electron chi connectivity index (χ3n) is 1.32. The summed E-state index contributed by atoms with van der Waals surface area (Å²) in [5, 5.41) is 0. The van der Waals surface area contributed by atoms with Gasteiger partial charge in [0.25, 0.3) is 0 Å². The van der Waals surface area contributed by atoms with Crippen molar-refractivity contribution < 1.29 is 9.53 Å². The highest BCUT2D eigenvalue weighted by Crippen LogP contribution is 2.05. The molecule has 0 fully saturated rings. The number of carbonyl (C=O) groups excluding carboxylic acids is 1. The number of esters is 1. The molecule has 82 valence electrons. The van der Waals surface area contributed by atoms with Gasteiger partial charge in [0.15, 0.2) is 0 Å². The summed E-state index contributed by atoms with van der Waals surface area (Å²) in [6.07, 6.45) is 2.84. The third-order valence-corrected chi connectivity index (χ3v) is 1.32. The molecule has 0 unspecified atom stereocenters. The van der Waals surface area contributed by atoms with Crippen LogP contribution in [0.25, 0.3) is 0 Å². The summed E-state index contributed by atoms with van der Waals surface area (Å²) in [5.74, 6) is -0.152. The van der Waals surface area contributed by atoms with Gasteiger partial charge in [0.1, 0.15) is 0 Å². The fourth-order valence-corrected chi connectivity index (χ4v) is 0.843. The maximum atomic E-state index is 11.1. The smallest absolute Gasteiger partial charge is 0.306 e. The average molecular weight is 199 g/mol. The predicted octanol–water partition coefficient (Wildman–Crippen LogP) is 2.59. The van der Waals surface area contributed by atoms with Gasteiger partial charge in [0.2, 0.25) is 0 Å². The third kappa shape index (κ3) is 9.23. The van der Waals surface area contributed by atoms with Crippen LogP contribution in [0.1, 0.15) is 47.5 Å².